The van der Waals surface area contributed by atoms with Gasteiger partial charge in [0, 0.05) is 18.3 Å². The summed E-state index contributed by atoms with van der Waals surface area (Å²) < 4.78 is 0. The second kappa shape index (κ2) is 13.7. The number of nitrogens with two attached hydrogens (primary N) is 1. The predicted octanol–water partition coefficient (Wildman–Crippen LogP) is -0.362. The maximum absolute atomic E-state index is 12.9. The maximum Gasteiger partial charge on any atom is 0.326 e. The van der Waals surface area contributed by atoms with E-state index in [0.29, 0.717) is 24.3 Å². The van der Waals surface area contributed by atoms with Crippen LogP contribution in [0.4, 0.5) is 0 Å². The molecule has 0 aliphatic carbocycles. The number of nitrogens with zero attached hydrogens (tertiary/aromatic N) is 1. The molecule has 1 aromatic heterocycles. The molecule has 0 aromatic carbocycles. The number of carboxylic acids is 1. The first kappa shape index (κ1) is 27.4. The molecule has 0 bridgehead atoms. The minimum Gasteiger partial charge on any atom is -0.480 e. The molecule has 3 amide bonds. The Kier molecular flexibility index (Phi) is 11.8. The van der Waals surface area contributed by atoms with Crippen molar-refractivity contribution in [2.75, 3.05) is 12.0 Å². The van der Waals surface area contributed by atoms with Crippen LogP contribution in [-0.4, -0.2) is 74.9 Å². The van der Waals surface area contributed by atoms with E-state index in [9.17, 15) is 24.3 Å². The summed E-state index contributed by atoms with van der Waals surface area (Å²) in [6.07, 6.45) is 5.43. The number of nitrogens with one attached hydrogen (secondary N) is 4. The van der Waals surface area contributed by atoms with Crippen LogP contribution in [0.1, 0.15) is 39.3 Å². The van der Waals surface area contributed by atoms with Crippen molar-refractivity contribution < 1.29 is 24.3 Å². The van der Waals surface area contributed by atoms with Crippen molar-refractivity contribution in [1.29, 1.82) is 0 Å². The Morgan fingerprint density at radius 2 is 1.66 bits per heavy atom. The third-order valence-corrected chi connectivity index (χ3v) is 5.23. The van der Waals surface area contributed by atoms with Crippen molar-refractivity contribution in [1.82, 2.24) is 25.9 Å². The highest BCUT2D eigenvalue weighted by Gasteiger charge is 2.30. The van der Waals surface area contributed by atoms with Gasteiger partial charge in [-0.05, 0) is 37.7 Å². The highest BCUT2D eigenvalue weighted by molar-refractivity contribution is 7.98. The zero-order chi connectivity index (χ0) is 24.3. The fourth-order valence-corrected chi connectivity index (χ4v) is 3.34. The van der Waals surface area contributed by atoms with E-state index in [1.807, 2.05) is 20.1 Å². The van der Waals surface area contributed by atoms with Crippen molar-refractivity contribution in [3.05, 3.63) is 18.2 Å². The summed E-state index contributed by atoms with van der Waals surface area (Å²) in [5.74, 6) is -2.14. The summed E-state index contributed by atoms with van der Waals surface area (Å²) in [6.45, 7) is 5.33. The summed E-state index contributed by atoms with van der Waals surface area (Å²) in [5.41, 5.74) is 6.15. The number of carbonyl (C=O) groups is 4. The topological polar surface area (TPSA) is 179 Å². The minimum absolute atomic E-state index is 0.0185. The number of carbonyl (C=O) groups excluding carboxylic acids is 3. The number of thioether (sulfide) groups is 1. The normalized spacial score (nSPS) is 14.8. The van der Waals surface area contributed by atoms with Crippen molar-refractivity contribution in [2.45, 2.75) is 64.2 Å². The van der Waals surface area contributed by atoms with Gasteiger partial charge >= 0.3 is 5.97 Å². The van der Waals surface area contributed by atoms with Gasteiger partial charge in [0.15, 0.2) is 0 Å². The quantitative estimate of drug-likeness (QED) is 0.213. The summed E-state index contributed by atoms with van der Waals surface area (Å²) in [6, 6.07) is -3.80. The third-order valence-electron chi connectivity index (χ3n) is 4.59. The molecule has 0 spiro atoms. The first-order chi connectivity index (χ1) is 15.0. The van der Waals surface area contributed by atoms with Crippen molar-refractivity contribution in [3.63, 3.8) is 0 Å². The van der Waals surface area contributed by atoms with Crippen molar-refractivity contribution in [2.24, 2.45) is 11.7 Å². The van der Waals surface area contributed by atoms with Gasteiger partial charge in [-0.2, -0.15) is 11.8 Å². The second-order valence-electron chi connectivity index (χ2n) is 8.00. The number of rotatable bonds is 14. The van der Waals surface area contributed by atoms with Crippen molar-refractivity contribution >= 4 is 35.5 Å². The Bertz CT molecular complexity index is 756. The largest absolute Gasteiger partial charge is 0.480 e. The van der Waals surface area contributed by atoms with E-state index in [4.69, 9.17) is 5.73 Å². The lowest BCUT2D eigenvalue weighted by Gasteiger charge is -2.25. The molecule has 1 heterocycles. The van der Waals surface area contributed by atoms with Crippen LogP contribution in [0.3, 0.4) is 0 Å². The molecule has 180 valence electrons. The Morgan fingerprint density at radius 1 is 1.06 bits per heavy atom. The fraction of sp³-hybridized carbons (Fsp3) is 0.650. The van der Waals surface area contributed by atoms with Crippen molar-refractivity contribution in [3.8, 4) is 0 Å². The lowest BCUT2D eigenvalue weighted by molar-refractivity contribution is -0.142. The lowest BCUT2D eigenvalue weighted by Crippen LogP contribution is -2.57. The van der Waals surface area contributed by atoms with Crippen LogP contribution >= 0.6 is 11.8 Å². The van der Waals surface area contributed by atoms with E-state index < -0.39 is 47.9 Å². The maximum atomic E-state index is 12.9. The van der Waals surface area contributed by atoms with Gasteiger partial charge in [0.1, 0.15) is 18.1 Å². The molecule has 0 aliphatic heterocycles. The molecule has 4 unspecified atom stereocenters. The lowest BCUT2D eigenvalue weighted by atomic mass is 10.0. The molecule has 4 atom stereocenters. The highest BCUT2D eigenvalue weighted by atomic mass is 32.2. The van der Waals surface area contributed by atoms with Gasteiger partial charge in [0.2, 0.25) is 17.7 Å². The number of hydrogen-bond acceptors (Lipinski definition) is 7. The van der Waals surface area contributed by atoms with Gasteiger partial charge in [-0.3, -0.25) is 14.4 Å². The molecule has 1 rings (SSSR count). The fourth-order valence-electron chi connectivity index (χ4n) is 2.87. The van der Waals surface area contributed by atoms with E-state index in [1.54, 1.807) is 0 Å². The van der Waals surface area contributed by atoms with Gasteiger partial charge in [0.05, 0.1) is 12.4 Å². The third kappa shape index (κ3) is 9.69. The minimum atomic E-state index is -1.20. The summed E-state index contributed by atoms with van der Waals surface area (Å²) in [4.78, 5) is 56.1. The number of aromatic nitrogens is 2. The van der Waals surface area contributed by atoms with Crippen LogP contribution in [0.15, 0.2) is 12.5 Å². The number of aromatic amines is 1. The molecule has 1 aromatic rings. The van der Waals surface area contributed by atoms with Gasteiger partial charge in [-0.15, -0.1) is 0 Å². The average Bonchev–Trinajstić information content (AvgIpc) is 3.22. The van der Waals surface area contributed by atoms with E-state index in [-0.39, 0.29) is 12.3 Å². The number of aliphatic carboxylic acids is 1. The Morgan fingerprint density at radius 3 is 2.16 bits per heavy atom. The van der Waals surface area contributed by atoms with Gasteiger partial charge in [-0.25, -0.2) is 9.78 Å². The first-order valence-corrected chi connectivity index (χ1v) is 11.8. The molecule has 32 heavy (non-hydrogen) atoms. The van der Waals surface area contributed by atoms with Crippen LogP contribution in [0.2, 0.25) is 0 Å². The van der Waals surface area contributed by atoms with Crippen LogP contribution in [0.5, 0.6) is 0 Å². The number of H-pyrrole nitrogens is 1. The van der Waals surface area contributed by atoms with E-state index >= 15 is 0 Å². The molecular weight excluding hydrogens is 436 g/mol. The smallest absolute Gasteiger partial charge is 0.326 e. The van der Waals surface area contributed by atoms with Gasteiger partial charge < -0.3 is 31.8 Å². The van der Waals surface area contributed by atoms with E-state index in [2.05, 4.69) is 25.9 Å². The monoisotopic (exact) mass is 470 g/mol. The van der Waals surface area contributed by atoms with Crippen LogP contribution in [0.25, 0.3) is 0 Å². The number of imidazole rings is 1. The van der Waals surface area contributed by atoms with Crippen LogP contribution in [-0.2, 0) is 25.6 Å². The summed E-state index contributed by atoms with van der Waals surface area (Å²) in [5, 5.41) is 17.3. The molecule has 0 fully saturated rings. The summed E-state index contributed by atoms with van der Waals surface area (Å²) in [7, 11) is 0. The number of amides is 3. The molecule has 0 saturated carbocycles. The molecule has 0 radical (unpaired) electrons. The van der Waals surface area contributed by atoms with Gasteiger partial charge in [0.25, 0.3) is 0 Å². The molecule has 11 nitrogen and oxygen atoms in total. The molecule has 0 saturated heterocycles. The zero-order valence-electron chi connectivity index (χ0n) is 18.9. The van der Waals surface area contributed by atoms with E-state index in [1.165, 1.54) is 31.2 Å². The van der Waals surface area contributed by atoms with Crippen LogP contribution < -0.4 is 21.7 Å². The van der Waals surface area contributed by atoms with Crippen LogP contribution in [0, 0.1) is 5.92 Å². The Balaban J connectivity index is 2.93. The first-order valence-electron chi connectivity index (χ1n) is 10.4. The number of carboxylic acid groups (broad SMARTS) is 1. The summed E-state index contributed by atoms with van der Waals surface area (Å²) >= 11 is 1.49. The Labute approximate surface area is 192 Å². The molecular formula is C20H34N6O5S. The molecule has 7 N–H and O–H groups in total. The highest BCUT2D eigenvalue weighted by Crippen LogP contribution is 2.08. The molecule has 0 aliphatic rings. The Hall–Kier alpha value is -2.60. The number of hydrogen-bond donors (Lipinski definition) is 6. The standard InChI is InChI=1S/C20H34N6O5S/c1-11(2)7-15(25-17(27)12(3)21)19(29)24-14(5-6-32-4)18(28)26-16(20(30)31)8-13-9-22-10-23-13/h9-12,14-16H,5-8,21H2,1-4H3,(H,22,23)(H,24,29)(H,25,27)(H,26,28)(H,30,31). The zero-order valence-corrected chi connectivity index (χ0v) is 19.7. The SMILES string of the molecule is CSCCC(NC(=O)C(CC(C)C)NC(=O)C(C)N)C(=O)NC(Cc1cnc[nH]1)C(=O)O. The average molecular weight is 471 g/mol. The molecule has 12 heteroatoms. The van der Waals surface area contributed by atoms with E-state index in [0.717, 1.165) is 0 Å². The second-order valence-corrected chi connectivity index (χ2v) is 8.99. The predicted molar refractivity (Wildman–Crippen MR) is 122 cm³/mol. The van der Waals surface area contributed by atoms with Gasteiger partial charge in [-0.1, -0.05) is 13.8 Å².